The van der Waals surface area contributed by atoms with Gasteiger partial charge in [0.05, 0.1) is 12.5 Å². The van der Waals surface area contributed by atoms with Gasteiger partial charge in [-0.3, -0.25) is 14.3 Å². The molecule has 1 amide bonds. The Kier molecular flexibility index (Phi) is 5.54. The lowest BCUT2D eigenvalue weighted by atomic mass is 10.0. The zero-order valence-electron chi connectivity index (χ0n) is 12.9. The first-order valence-corrected chi connectivity index (χ1v) is 7.99. The van der Waals surface area contributed by atoms with Crippen LogP contribution >= 0.6 is 15.9 Å². The van der Waals surface area contributed by atoms with Crippen molar-refractivity contribution in [2.75, 3.05) is 0 Å². The molecule has 7 heteroatoms. The molecule has 1 unspecified atom stereocenters. The molecule has 0 saturated carbocycles. The van der Waals surface area contributed by atoms with E-state index in [2.05, 4.69) is 26.3 Å². The molecule has 1 atom stereocenters. The minimum Gasteiger partial charge on any atom is -0.481 e. The van der Waals surface area contributed by atoms with E-state index in [1.54, 1.807) is 35.1 Å². The molecular weight excluding hydrogens is 362 g/mol. The smallest absolute Gasteiger partial charge is 0.305 e. The number of rotatable bonds is 6. The number of nitrogens with one attached hydrogen (secondary N) is 1. The highest BCUT2D eigenvalue weighted by Gasteiger charge is 2.20. The zero-order valence-corrected chi connectivity index (χ0v) is 14.4. The van der Waals surface area contributed by atoms with Crippen LogP contribution in [-0.4, -0.2) is 26.8 Å². The van der Waals surface area contributed by atoms with Crippen LogP contribution in [0.1, 0.15) is 48.4 Å². The van der Waals surface area contributed by atoms with Gasteiger partial charge in [0.15, 0.2) is 0 Å². The first-order chi connectivity index (χ1) is 10.9. The summed E-state index contributed by atoms with van der Waals surface area (Å²) in [7, 11) is 0. The number of hydrogen-bond donors (Lipinski definition) is 2. The molecule has 0 aliphatic heterocycles. The topological polar surface area (TPSA) is 84.2 Å². The molecule has 0 fully saturated rings. The molecule has 122 valence electrons. The van der Waals surface area contributed by atoms with E-state index in [-0.39, 0.29) is 18.2 Å². The van der Waals surface area contributed by atoms with Crippen LogP contribution in [0, 0.1) is 0 Å². The van der Waals surface area contributed by atoms with E-state index in [1.807, 2.05) is 19.9 Å². The summed E-state index contributed by atoms with van der Waals surface area (Å²) in [4.78, 5) is 23.4. The summed E-state index contributed by atoms with van der Waals surface area (Å²) in [5.74, 6) is -1.38. The summed E-state index contributed by atoms with van der Waals surface area (Å²) in [6.07, 6.45) is 1.53. The standard InChI is InChI=1S/C16H18BrN3O3/c1-10(2)20-7-6-13(19-20)16(23)18-14(9-15(21)22)11-4-3-5-12(17)8-11/h3-8,10,14H,9H2,1-2H3,(H,18,23)(H,21,22). The highest BCUT2D eigenvalue weighted by atomic mass is 79.9. The Morgan fingerprint density at radius 2 is 2.09 bits per heavy atom. The normalized spacial score (nSPS) is 12.2. The van der Waals surface area contributed by atoms with E-state index >= 15 is 0 Å². The molecule has 0 bridgehead atoms. The summed E-state index contributed by atoms with van der Waals surface area (Å²) in [6, 6.07) is 8.36. The first-order valence-electron chi connectivity index (χ1n) is 7.20. The molecule has 0 radical (unpaired) electrons. The number of halogens is 1. The number of carbonyl (C=O) groups is 2. The van der Waals surface area contributed by atoms with Crippen LogP contribution in [0.25, 0.3) is 0 Å². The lowest BCUT2D eigenvalue weighted by Crippen LogP contribution is -2.30. The minimum absolute atomic E-state index is 0.149. The Labute approximate surface area is 142 Å². The third-order valence-electron chi connectivity index (χ3n) is 3.31. The Balaban J connectivity index is 2.19. The lowest BCUT2D eigenvalue weighted by molar-refractivity contribution is -0.137. The van der Waals surface area contributed by atoms with Gasteiger partial charge in [-0.25, -0.2) is 0 Å². The zero-order chi connectivity index (χ0) is 17.0. The molecule has 1 aromatic carbocycles. The van der Waals surface area contributed by atoms with Gasteiger partial charge in [0, 0.05) is 16.7 Å². The highest BCUT2D eigenvalue weighted by Crippen LogP contribution is 2.21. The molecule has 23 heavy (non-hydrogen) atoms. The Morgan fingerprint density at radius 3 is 2.65 bits per heavy atom. The van der Waals surface area contributed by atoms with Crippen LogP contribution in [0.4, 0.5) is 0 Å². The number of carboxylic acid groups (broad SMARTS) is 1. The monoisotopic (exact) mass is 379 g/mol. The van der Waals surface area contributed by atoms with Gasteiger partial charge in [-0.05, 0) is 37.6 Å². The van der Waals surface area contributed by atoms with Crippen molar-refractivity contribution in [2.45, 2.75) is 32.4 Å². The maximum atomic E-state index is 12.3. The molecule has 0 aliphatic rings. The van der Waals surface area contributed by atoms with Crippen molar-refractivity contribution in [2.24, 2.45) is 0 Å². The van der Waals surface area contributed by atoms with Gasteiger partial charge in [0.25, 0.3) is 5.91 Å². The fourth-order valence-corrected chi connectivity index (χ4v) is 2.55. The molecule has 2 N–H and O–H groups in total. The average Bonchev–Trinajstić information content (AvgIpc) is 2.96. The number of aromatic nitrogens is 2. The summed E-state index contributed by atoms with van der Waals surface area (Å²) in [5, 5.41) is 16.0. The van der Waals surface area contributed by atoms with Crippen molar-refractivity contribution < 1.29 is 14.7 Å². The second-order valence-electron chi connectivity index (χ2n) is 5.45. The van der Waals surface area contributed by atoms with Crippen LogP contribution in [0.3, 0.4) is 0 Å². The molecule has 1 aromatic heterocycles. The molecular formula is C16H18BrN3O3. The van der Waals surface area contributed by atoms with Crippen molar-refractivity contribution in [3.63, 3.8) is 0 Å². The van der Waals surface area contributed by atoms with Crippen LogP contribution in [0.2, 0.25) is 0 Å². The quantitative estimate of drug-likeness (QED) is 0.806. The van der Waals surface area contributed by atoms with Crippen LogP contribution in [-0.2, 0) is 4.79 Å². The number of hydrogen-bond acceptors (Lipinski definition) is 3. The van der Waals surface area contributed by atoms with Crippen molar-refractivity contribution in [3.8, 4) is 0 Å². The Morgan fingerprint density at radius 1 is 1.35 bits per heavy atom. The minimum atomic E-state index is -0.983. The molecule has 2 aromatic rings. The van der Waals surface area contributed by atoms with Crippen LogP contribution in [0.15, 0.2) is 41.0 Å². The average molecular weight is 380 g/mol. The molecule has 1 heterocycles. The van der Waals surface area contributed by atoms with E-state index in [0.29, 0.717) is 0 Å². The number of amides is 1. The molecule has 0 spiro atoms. The molecule has 0 aliphatic carbocycles. The maximum Gasteiger partial charge on any atom is 0.305 e. The van der Waals surface area contributed by atoms with E-state index in [0.717, 1.165) is 10.0 Å². The van der Waals surface area contributed by atoms with Crippen molar-refractivity contribution in [1.82, 2.24) is 15.1 Å². The van der Waals surface area contributed by atoms with Gasteiger partial charge < -0.3 is 10.4 Å². The SMILES string of the molecule is CC(C)n1ccc(C(=O)NC(CC(=O)O)c2cccc(Br)c2)n1. The van der Waals surface area contributed by atoms with Gasteiger partial charge in [-0.2, -0.15) is 5.10 Å². The van der Waals surface area contributed by atoms with Gasteiger partial charge in [0.2, 0.25) is 0 Å². The molecule has 6 nitrogen and oxygen atoms in total. The maximum absolute atomic E-state index is 12.3. The summed E-state index contributed by atoms with van der Waals surface area (Å²) in [6.45, 7) is 3.92. The molecule has 2 rings (SSSR count). The van der Waals surface area contributed by atoms with E-state index < -0.39 is 17.9 Å². The summed E-state index contributed by atoms with van der Waals surface area (Å²) < 4.78 is 2.50. The van der Waals surface area contributed by atoms with Crippen molar-refractivity contribution in [3.05, 3.63) is 52.3 Å². The van der Waals surface area contributed by atoms with Gasteiger partial charge >= 0.3 is 5.97 Å². The van der Waals surface area contributed by atoms with Crippen LogP contribution in [0.5, 0.6) is 0 Å². The molecule has 0 saturated heterocycles. The lowest BCUT2D eigenvalue weighted by Gasteiger charge is -2.17. The second kappa shape index (κ2) is 7.41. The predicted molar refractivity (Wildman–Crippen MR) is 89.2 cm³/mol. The third-order valence-corrected chi connectivity index (χ3v) is 3.80. The summed E-state index contributed by atoms with van der Waals surface area (Å²) >= 11 is 3.35. The number of aliphatic carboxylic acids is 1. The number of nitrogens with zero attached hydrogens (tertiary/aromatic N) is 2. The largest absolute Gasteiger partial charge is 0.481 e. The number of benzene rings is 1. The van der Waals surface area contributed by atoms with E-state index in [9.17, 15) is 9.59 Å². The van der Waals surface area contributed by atoms with Gasteiger partial charge in [-0.15, -0.1) is 0 Å². The fourth-order valence-electron chi connectivity index (χ4n) is 2.13. The van der Waals surface area contributed by atoms with Crippen molar-refractivity contribution >= 4 is 27.8 Å². The van der Waals surface area contributed by atoms with Gasteiger partial charge in [0.1, 0.15) is 5.69 Å². The van der Waals surface area contributed by atoms with Gasteiger partial charge in [-0.1, -0.05) is 28.1 Å². The van der Waals surface area contributed by atoms with Crippen LogP contribution < -0.4 is 5.32 Å². The van der Waals surface area contributed by atoms with E-state index in [4.69, 9.17) is 5.11 Å². The number of carboxylic acids is 1. The number of carbonyl (C=O) groups excluding carboxylic acids is 1. The predicted octanol–water partition coefficient (Wildman–Crippen LogP) is 3.17. The third kappa shape index (κ3) is 4.66. The Bertz CT molecular complexity index is 712. The fraction of sp³-hybridized carbons (Fsp3) is 0.312. The van der Waals surface area contributed by atoms with E-state index in [1.165, 1.54) is 0 Å². The summed E-state index contributed by atoms with van der Waals surface area (Å²) in [5.41, 5.74) is 0.988. The first kappa shape index (κ1) is 17.2. The highest BCUT2D eigenvalue weighted by molar-refractivity contribution is 9.10. The Hall–Kier alpha value is -2.15. The van der Waals surface area contributed by atoms with Crippen molar-refractivity contribution in [1.29, 1.82) is 0 Å². The second-order valence-corrected chi connectivity index (χ2v) is 6.37.